The lowest BCUT2D eigenvalue weighted by atomic mass is 10.1. The number of aliphatic hydroxyl groups is 1. The number of carbonyl (C=O) groups is 1. The molecular weight excluding hydrogens is 206 g/mol. The third-order valence-electron chi connectivity index (χ3n) is 2.07. The van der Waals surface area contributed by atoms with Crippen molar-refractivity contribution >= 4 is 11.8 Å². The highest BCUT2D eigenvalue weighted by Crippen LogP contribution is 2.12. The van der Waals surface area contributed by atoms with Gasteiger partial charge in [0.1, 0.15) is 0 Å². The third-order valence-corrected chi connectivity index (χ3v) is 2.07. The minimum atomic E-state index is -0.443. The van der Waals surface area contributed by atoms with Gasteiger partial charge in [-0.05, 0) is 37.5 Å². The molecule has 1 rings (SSSR count). The van der Waals surface area contributed by atoms with Gasteiger partial charge in [-0.25, -0.2) is 4.79 Å². The average molecular weight is 223 g/mol. The van der Waals surface area contributed by atoms with Gasteiger partial charge in [-0.2, -0.15) is 0 Å². The first-order valence-corrected chi connectivity index (χ1v) is 5.40. The summed E-state index contributed by atoms with van der Waals surface area (Å²) in [4.78, 5) is 11.2. The Balaban J connectivity index is 2.56. The number of ether oxygens (including phenoxy) is 1. The maximum absolute atomic E-state index is 11.2. The fourth-order valence-electron chi connectivity index (χ4n) is 1.37. The summed E-state index contributed by atoms with van der Waals surface area (Å²) >= 11 is 0. The monoisotopic (exact) mass is 223 g/mol. The van der Waals surface area contributed by atoms with Gasteiger partial charge in [-0.1, -0.05) is 12.1 Å². The predicted molar refractivity (Wildman–Crippen MR) is 62.5 cm³/mol. The van der Waals surface area contributed by atoms with Crippen LogP contribution in [0.3, 0.4) is 0 Å². The molecule has 4 heteroatoms. The molecule has 0 aliphatic carbocycles. The number of nitrogens with one attached hydrogen (secondary N) is 1. The van der Waals surface area contributed by atoms with Crippen LogP contribution < -0.4 is 5.32 Å². The fourth-order valence-corrected chi connectivity index (χ4v) is 1.37. The highest BCUT2D eigenvalue weighted by Gasteiger charge is 2.02. The second-order valence-electron chi connectivity index (χ2n) is 3.37. The summed E-state index contributed by atoms with van der Waals surface area (Å²) in [5.74, 6) is 0. The van der Waals surface area contributed by atoms with Crippen molar-refractivity contribution in [3.05, 3.63) is 29.8 Å². The molecule has 1 amide bonds. The zero-order chi connectivity index (χ0) is 11.8. The number of hydrogen-bond acceptors (Lipinski definition) is 3. The molecule has 0 unspecified atom stereocenters. The van der Waals surface area contributed by atoms with Crippen molar-refractivity contribution in [2.75, 3.05) is 18.5 Å². The molecule has 2 N–H and O–H groups in total. The van der Waals surface area contributed by atoms with Crippen molar-refractivity contribution in [3.8, 4) is 0 Å². The number of amides is 1. The van der Waals surface area contributed by atoms with Crippen molar-refractivity contribution in [1.29, 1.82) is 0 Å². The van der Waals surface area contributed by atoms with E-state index < -0.39 is 6.09 Å². The maximum atomic E-state index is 11.2. The Kier molecular flexibility index (Phi) is 5.36. The number of carbonyl (C=O) groups excluding carboxylic acids is 1. The first kappa shape index (κ1) is 12.5. The molecule has 0 aliphatic rings. The molecule has 88 valence electrons. The van der Waals surface area contributed by atoms with Gasteiger partial charge in [-0.3, -0.25) is 5.32 Å². The highest BCUT2D eigenvalue weighted by atomic mass is 16.5. The first-order valence-electron chi connectivity index (χ1n) is 5.40. The normalized spacial score (nSPS) is 9.88. The van der Waals surface area contributed by atoms with Crippen LogP contribution in [0.1, 0.15) is 18.9 Å². The molecular formula is C12H17NO3. The Bertz CT molecular complexity index is 339. The van der Waals surface area contributed by atoms with E-state index in [2.05, 4.69) is 5.32 Å². The third kappa shape index (κ3) is 4.31. The summed E-state index contributed by atoms with van der Waals surface area (Å²) in [6, 6.07) is 7.52. The zero-order valence-corrected chi connectivity index (χ0v) is 9.40. The average Bonchev–Trinajstić information content (AvgIpc) is 2.27. The number of rotatable bonds is 5. The van der Waals surface area contributed by atoms with Gasteiger partial charge in [0.15, 0.2) is 0 Å². The van der Waals surface area contributed by atoms with E-state index in [1.54, 1.807) is 13.0 Å². The van der Waals surface area contributed by atoms with Gasteiger partial charge in [0, 0.05) is 12.3 Å². The van der Waals surface area contributed by atoms with Crippen molar-refractivity contribution in [1.82, 2.24) is 0 Å². The van der Waals surface area contributed by atoms with Crippen molar-refractivity contribution < 1.29 is 14.6 Å². The summed E-state index contributed by atoms with van der Waals surface area (Å²) in [6.07, 6.45) is 1.08. The van der Waals surface area contributed by atoms with Gasteiger partial charge in [-0.15, -0.1) is 0 Å². The van der Waals surface area contributed by atoms with E-state index >= 15 is 0 Å². The Labute approximate surface area is 95.2 Å². The van der Waals surface area contributed by atoms with Crippen LogP contribution in [0.5, 0.6) is 0 Å². The van der Waals surface area contributed by atoms with Gasteiger partial charge in [0.2, 0.25) is 0 Å². The molecule has 0 bridgehead atoms. The fraction of sp³-hybridized carbons (Fsp3) is 0.417. The quantitative estimate of drug-likeness (QED) is 0.804. The van der Waals surface area contributed by atoms with Crippen LogP contribution >= 0.6 is 0 Å². The Hall–Kier alpha value is -1.55. The van der Waals surface area contributed by atoms with E-state index in [-0.39, 0.29) is 6.61 Å². The lowest BCUT2D eigenvalue weighted by Crippen LogP contribution is -2.13. The molecule has 0 atom stereocenters. The number of aliphatic hydroxyl groups excluding tert-OH is 1. The summed E-state index contributed by atoms with van der Waals surface area (Å²) in [7, 11) is 0. The lowest BCUT2D eigenvalue weighted by Gasteiger charge is -2.06. The number of hydrogen-bond donors (Lipinski definition) is 2. The largest absolute Gasteiger partial charge is 0.450 e. The predicted octanol–water partition coefficient (Wildman–Crippen LogP) is 2.18. The van der Waals surface area contributed by atoms with E-state index in [4.69, 9.17) is 9.84 Å². The summed E-state index contributed by atoms with van der Waals surface area (Å²) in [5.41, 5.74) is 1.80. The van der Waals surface area contributed by atoms with Crippen LogP contribution in [0, 0.1) is 0 Å². The molecule has 0 spiro atoms. The van der Waals surface area contributed by atoms with Crippen LogP contribution in [0.25, 0.3) is 0 Å². The minimum absolute atomic E-state index is 0.176. The van der Waals surface area contributed by atoms with Crippen molar-refractivity contribution in [2.24, 2.45) is 0 Å². The standard InChI is InChI=1S/C12H17NO3/c1-2-16-12(15)13-11-7-3-5-10(9-11)6-4-8-14/h3,5,7,9,14H,2,4,6,8H2,1H3,(H,13,15). The van der Waals surface area contributed by atoms with Gasteiger partial charge >= 0.3 is 6.09 Å². The summed E-state index contributed by atoms with van der Waals surface area (Å²) < 4.78 is 4.78. The molecule has 0 fully saturated rings. The second kappa shape index (κ2) is 6.85. The Morgan fingerprint density at radius 1 is 1.50 bits per heavy atom. The van der Waals surface area contributed by atoms with Gasteiger partial charge in [0.25, 0.3) is 0 Å². The van der Waals surface area contributed by atoms with Crippen LogP contribution in [-0.2, 0) is 11.2 Å². The molecule has 1 aromatic rings. The minimum Gasteiger partial charge on any atom is -0.450 e. The molecule has 0 aliphatic heterocycles. The lowest BCUT2D eigenvalue weighted by molar-refractivity contribution is 0.168. The molecule has 0 radical (unpaired) electrons. The number of anilines is 1. The SMILES string of the molecule is CCOC(=O)Nc1cccc(CCCO)c1. The molecule has 4 nitrogen and oxygen atoms in total. The van der Waals surface area contributed by atoms with Crippen LogP contribution in [-0.4, -0.2) is 24.4 Å². The van der Waals surface area contributed by atoms with E-state index in [0.29, 0.717) is 12.3 Å². The zero-order valence-electron chi connectivity index (χ0n) is 9.40. The highest BCUT2D eigenvalue weighted by molar-refractivity contribution is 5.84. The van der Waals surface area contributed by atoms with Crippen LogP contribution in [0.4, 0.5) is 10.5 Å². The Morgan fingerprint density at radius 2 is 2.31 bits per heavy atom. The molecule has 0 saturated carbocycles. The molecule has 1 aromatic carbocycles. The topological polar surface area (TPSA) is 58.6 Å². The maximum Gasteiger partial charge on any atom is 0.411 e. The van der Waals surface area contributed by atoms with E-state index in [1.165, 1.54) is 0 Å². The van der Waals surface area contributed by atoms with E-state index in [1.807, 2.05) is 18.2 Å². The molecule has 0 saturated heterocycles. The van der Waals surface area contributed by atoms with Crippen molar-refractivity contribution in [3.63, 3.8) is 0 Å². The van der Waals surface area contributed by atoms with E-state index in [9.17, 15) is 4.79 Å². The molecule has 0 heterocycles. The van der Waals surface area contributed by atoms with Gasteiger partial charge < -0.3 is 9.84 Å². The van der Waals surface area contributed by atoms with Crippen molar-refractivity contribution in [2.45, 2.75) is 19.8 Å². The molecule has 16 heavy (non-hydrogen) atoms. The van der Waals surface area contributed by atoms with Crippen LogP contribution in [0.2, 0.25) is 0 Å². The van der Waals surface area contributed by atoms with E-state index in [0.717, 1.165) is 18.4 Å². The van der Waals surface area contributed by atoms with Gasteiger partial charge in [0.05, 0.1) is 6.61 Å². The Morgan fingerprint density at radius 3 is 3.00 bits per heavy atom. The first-order chi connectivity index (χ1) is 7.76. The number of aryl methyl sites for hydroxylation is 1. The smallest absolute Gasteiger partial charge is 0.411 e. The van der Waals surface area contributed by atoms with Crippen LogP contribution in [0.15, 0.2) is 24.3 Å². The molecule has 0 aromatic heterocycles. The summed E-state index contributed by atoms with van der Waals surface area (Å²) in [6.45, 7) is 2.29. The summed E-state index contributed by atoms with van der Waals surface area (Å²) in [5, 5.41) is 11.4. The number of benzene rings is 1. The second-order valence-corrected chi connectivity index (χ2v) is 3.37.